The van der Waals surface area contributed by atoms with E-state index >= 15 is 0 Å². The molecule has 22 heavy (non-hydrogen) atoms. The highest BCUT2D eigenvalue weighted by atomic mass is 127. The summed E-state index contributed by atoms with van der Waals surface area (Å²) in [6.45, 7) is 12.6. The first-order chi connectivity index (χ1) is 10.3. The lowest BCUT2D eigenvalue weighted by Gasteiger charge is -2.28. The molecule has 1 atom stereocenters. The van der Waals surface area contributed by atoms with E-state index in [0.717, 1.165) is 71.5 Å². The van der Waals surface area contributed by atoms with E-state index in [9.17, 15) is 0 Å². The highest BCUT2D eigenvalue weighted by Crippen LogP contribution is 2.03. The van der Waals surface area contributed by atoms with Crippen molar-refractivity contribution < 1.29 is 9.47 Å². The summed E-state index contributed by atoms with van der Waals surface area (Å²) in [4.78, 5) is 7.13. The summed E-state index contributed by atoms with van der Waals surface area (Å²) in [7, 11) is 1.73. The van der Waals surface area contributed by atoms with E-state index in [1.54, 1.807) is 7.11 Å². The lowest BCUT2D eigenvalue weighted by Crippen LogP contribution is -2.40. The van der Waals surface area contributed by atoms with Gasteiger partial charge in [0, 0.05) is 53.0 Å². The molecule has 1 fully saturated rings. The van der Waals surface area contributed by atoms with E-state index in [-0.39, 0.29) is 24.0 Å². The Kier molecular flexibility index (Phi) is 14.4. The molecule has 0 amide bonds. The molecule has 0 radical (unpaired) electrons. The fourth-order valence-electron chi connectivity index (χ4n) is 2.29. The number of methoxy groups -OCH3 is 1. The molecule has 132 valence electrons. The summed E-state index contributed by atoms with van der Waals surface area (Å²) in [6.07, 6.45) is 0.990. The zero-order valence-corrected chi connectivity index (χ0v) is 16.6. The maximum atomic E-state index is 5.38. The number of rotatable bonds is 9. The molecule has 1 aliphatic heterocycles. The van der Waals surface area contributed by atoms with Crippen LogP contribution in [-0.2, 0) is 9.47 Å². The van der Waals surface area contributed by atoms with Gasteiger partial charge in [0.2, 0.25) is 0 Å². The Balaban J connectivity index is 0.00000441. The largest absolute Gasteiger partial charge is 0.385 e. The number of aliphatic imine (C=N–C) groups is 1. The second-order valence-corrected chi connectivity index (χ2v) is 5.51. The first-order valence-electron chi connectivity index (χ1n) is 8.07. The normalized spacial score (nSPS) is 17.7. The molecule has 7 heteroatoms. The summed E-state index contributed by atoms with van der Waals surface area (Å²) in [5.41, 5.74) is 0. The van der Waals surface area contributed by atoms with Crippen LogP contribution < -0.4 is 10.6 Å². The van der Waals surface area contributed by atoms with Crippen molar-refractivity contribution in [3.8, 4) is 0 Å². The predicted octanol–water partition coefficient (Wildman–Crippen LogP) is 1.16. The fraction of sp³-hybridized carbons (Fsp3) is 0.933. The van der Waals surface area contributed by atoms with Gasteiger partial charge >= 0.3 is 0 Å². The van der Waals surface area contributed by atoms with Crippen LogP contribution >= 0.6 is 24.0 Å². The van der Waals surface area contributed by atoms with Crippen LogP contribution in [0.4, 0.5) is 0 Å². The smallest absolute Gasteiger partial charge is 0.191 e. The van der Waals surface area contributed by atoms with Gasteiger partial charge in [-0.3, -0.25) is 9.89 Å². The van der Waals surface area contributed by atoms with Crippen molar-refractivity contribution in [2.24, 2.45) is 10.9 Å². The second kappa shape index (κ2) is 14.5. The Labute approximate surface area is 152 Å². The topological polar surface area (TPSA) is 58.1 Å². The lowest BCUT2D eigenvalue weighted by molar-refractivity contribution is 0.0323. The molecular weight excluding hydrogens is 395 g/mol. The number of guanidine groups is 1. The maximum absolute atomic E-state index is 5.38. The Morgan fingerprint density at radius 1 is 1.32 bits per heavy atom. The third kappa shape index (κ3) is 10.6. The van der Waals surface area contributed by atoms with Crippen LogP contribution in [0.15, 0.2) is 4.99 Å². The number of hydrogen-bond donors (Lipinski definition) is 2. The highest BCUT2D eigenvalue weighted by molar-refractivity contribution is 14.0. The number of halogens is 1. The first-order valence-corrected chi connectivity index (χ1v) is 8.07. The quantitative estimate of drug-likeness (QED) is 0.250. The molecule has 1 heterocycles. The minimum Gasteiger partial charge on any atom is -0.385 e. The second-order valence-electron chi connectivity index (χ2n) is 5.51. The van der Waals surface area contributed by atoms with Gasteiger partial charge in [-0.25, -0.2) is 0 Å². The number of ether oxygens (including phenoxy) is 2. The molecule has 0 spiro atoms. The van der Waals surface area contributed by atoms with Gasteiger partial charge in [-0.2, -0.15) is 0 Å². The summed E-state index contributed by atoms with van der Waals surface area (Å²) in [5.74, 6) is 1.46. The minimum atomic E-state index is 0. The molecule has 0 aromatic carbocycles. The lowest BCUT2D eigenvalue weighted by atomic mass is 10.1. The van der Waals surface area contributed by atoms with Crippen LogP contribution in [0, 0.1) is 5.92 Å². The summed E-state index contributed by atoms with van der Waals surface area (Å²) in [6, 6.07) is 0. The molecule has 0 saturated carbocycles. The average Bonchev–Trinajstić information content (AvgIpc) is 2.50. The summed E-state index contributed by atoms with van der Waals surface area (Å²) >= 11 is 0. The number of morpholine rings is 1. The van der Waals surface area contributed by atoms with Crippen LogP contribution in [-0.4, -0.2) is 77.1 Å². The zero-order chi connectivity index (χ0) is 15.3. The van der Waals surface area contributed by atoms with Crippen molar-refractivity contribution >= 4 is 29.9 Å². The molecule has 1 saturated heterocycles. The average molecular weight is 428 g/mol. The van der Waals surface area contributed by atoms with E-state index in [1.807, 2.05) is 0 Å². The number of hydrogen-bond acceptors (Lipinski definition) is 4. The van der Waals surface area contributed by atoms with Crippen molar-refractivity contribution in [2.75, 3.05) is 66.2 Å². The Morgan fingerprint density at radius 3 is 2.68 bits per heavy atom. The molecule has 0 aromatic rings. The standard InChI is InChI=1S/C15H32N4O2.HI/c1-4-16-15(17-6-5-9-20-3)18-12-14(2)13-19-7-10-21-11-8-19;/h14H,4-13H2,1-3H3,(H2,16,17,18);1H. The minimum absolute atomic E-state index is 0. The van der Waals surface area contributed by atoms with E-state index in [0.29, 0.717) is 5.92 Å². The molecule has 0 bridgehead atoms. The Bertz CT molecular complexity index is 287. The fourth-order valence-corrected chi connectivity index (χ4v) is 2.29. The van der Waals surface area contributed by atoms with Crippen LogP contribution in [0.2, 0.25) is 0 Å². The molecule has 0 aliphatic carbocycles. The van der Waals surface area contributed by atoms with Gasteiger partial charge in [0.25, 0.3) is 0 Å². The van der Waals surface area contributed by atoms with Crippen molar-refractivity contribution in [1.29, 1.82) is 0 Å². The zero-order valence-electron chi connectivity index (χ0n) is 14.3. The van der Waals surface area contributed by atoms with Crippen molar-refractivity contribution in [1.82, 2.24) is 15.5 Å². The maximum Gasteiger partial charge on any atom is 0.191 e. The van der Waals surface area contributed by atoms with Gasteiger partial charge < -0.3 is 20.1 Å². The van der Waals surface area contributed by atoms with Crippen molar-refractivity contribution in [2.45, 2.75) is 20.3 Å². The Morgan fingerprint density at radius 2 is 2.05 bits per heavy atom. The van der Waals surface area contributed by atoms with Crippen LogP contribution in [0.25, 0.3) is 0 Å². The molecule has 1 rings (SSSR count). The first kappa shape index (κ1) is 21.9. The van der Waals surface area contributed by atoms with Crippen LogP contribution in [0.5, 0.6) is 0 Å². The third-order valence-corrected chi connectivity index (χ3v) is 3.40. The Hall–Kier alpha value is -0.120. The molecule has 1 aliphatic rings. The van der Waals surface area contributed by atoms with E-state index in [4.69, 9.17) is 9.47 Å². The van der Waals surface area contributed by atoms with Gasteiger partial charge in [-0.1, -0.05) is 6.92 Å². The monoisotopic (exact) mass is 428 g/mol. The molecule has 1 unspecified atom stereocenters. The van der Waals surface area contributed by atoms with Crippen molar-refractivity contribution in [3.05, 3.63) is 0 Å². The van der Waals surface area contributed by atoms with Crippen molar-refractivity contribution in [3.63, 3.8) is 0 Å². The number of nitrogens with one attached hydrogen (secondary N) is 2. The van der Waals surface area contributed by atoms with Gasteiger partial charge in [-0.05, 0) is 19.3 Å². The van der Waals surface area contributed by atoms with Gasteiger partial charge in [0.1, 0.15) is 0 Å². The number of nitrogens with zero attached hydrogens (tertiary/aromatic N) is 2. The van der Waals surface area contributed by atoms with E-state index in [2.05, 4.69) is 34.4 Å². The van der Waals surface area contributed by atoms with E-state index in [1.165, 1.54) is 0 Å². The van der Waals surface area contributed by atoms with Gasteiger partial charge in [0.15, 0.2) is 5.96 Å². The molecule has 6 nitrogen and oxygen atoms in total. The van der Waals surface area contributed by atoms with Gasteiger partial charge in [0.05, 0.1) is 13.2 Å². The third-order valence-electron chi connectivity index (χ3n) is 3.40. The summed E-state index contributed by atoms with van der Waals surface area (Å²) in [5, 5.41) is 6.62. The molecular formula is C15H33IN4O2. The van der Waals surface area contributed by atoms with E-state index < -0.39 is 0 Å². The molecule has 2 N–H and O–H groups in total. The highest BCUT2D eigenvalue weighted by Gasteiger charge is 2.13. The SMILES string of the molecule is CCNC(=NCC(C)CN1CCOCC1)NCCCOC.I. The summed E-state index contributed by atoms with van der Waals surface area (Å²) < 4.78 is 10.4. The molecule has 0 aromatic heterocycles. The van der Waals surface area contributed by atoms with Gasteiger partial charge in [-0.15, -0.1) is 24.0 Å². The predicted molar refractivity (Wildman–Crippen MR) is 102 cm³/mol. The van der Waals surface area contributed by atoms with Crippen LogP contribution in [0.1, 0.15) is 20.3 Å². The van der Waals surface area contributed by atoms with Crippen LogP contribution in [0.3, 0.4) is 0 Å².